The molecule has 1 aliphatic rings. The summed E-state index contributed by atoms with van der Waals surface area (Å²) in [6.45, 7) is 0.885. The van der Waals surface area contributed by atoms with Gasteiger partial charge in [0.05, 0.1) is 12.1 Å². The summed E-state index contributed by atoms with van der Waals surface area (Å²) in [6.07, 6.45) is 2.60. The second-order valence-electron chi connectivity index (χ2n) is 3.87. The minimum absolute atomic E-state index is 0.282. The Morgan fingerprint density at radius 3 is 2.67 bits per heavy atom. The lowest BCUT2D eigenvalue weighted by atomic mass is 10.00. The Hall–Kier alpha value is -0.570. The van der Waals surface area contributed by atoms with Crippen LogP contribution >= 0.6 is 11.6 Å². The lowest BCUT2D eigenvalue weighted by Gasteiger charge is -2.22. The van der Waals surface area contributed by atoms with Crippen LogP contribution in [0.1, 0.15) is 24.4 Å². The van der Waals surface area contributed by atoms with Gasteiger partial charge in [0, 0.05) is 11.6 Å². The predicted molar refractivity (Wildman–Crippen MR) is 62.2 cm³/mol. The fraction of sp³-hybridized carbons (Fsp3) is 0.500. The van der Waals surface area contributed by atoms with E-state index in [0.717, 1.165) is 24.5 Å². The number of benzene rings is 1. The maximum atomic E-state index is 5.87. The summed E-state index contributed by atoms with van der Waals surface area (Å²) >= 11 is 5.87. The number of halogens is 1. The molecule has 0 amide bonds. The van der Waals surface area contributed by atoms with Gasteiger partial charge in [-0.15, -0.1) is 0 Å². The number of likely N-dealkylation sites (N-methyl/N-ethyl adjacent to an activating group) is 1. The lowest BCUT2D eigenvalue weighted by Crippen LogP contribution is -2.28. The first-order valence-corrected chi connectivity index (χ1v) is 5.73. The molecule has 15 heavy (non-hydrogen) atoms. The van der Waals surface area contributed by atoms with Crippen LogP contribution < -0.4 is 5.32 Å². The first kappa shape index (κ1) is 10.9. The van der Waals surface area contributed by atoms with E-state index in [1.807, 2.05) is 19.2 Å². The molecular formula is C12H16ClNO. The predicted octanol–water partition coefficient (Wildman–Crippen LogP) is 2.78. The molecule has 1 aliphatic heterocycles. The van der Waals surface area contributed by atoms with Crippen LogP contribution in [-0.4, -0.2) is 19.8 Å². The molecule has 2 nitrogen and oxygen atoms in total. The number of hydrogen-bond donors (Lipinski definition) is 1. The summed E-state index contributed by atoms with van der Waals surface area (Å²) in [5.74, 6) is 0. The smallest absolute Gasteiger partial charge is 0.0770 e. The van der Waals surface area contributed by atoms with Gasteiger partial charge in [0.25, 0.3) is 0 Å². The zero-order valence-corrected chi connectivity index (χ0v) is 9.63. The highest BCUT2D eigenvalue weighted by Gasteiger charge is 2.25. The zero-order chi connectivity index (χ0) is 10.7. The zero-order valence-electron chi connectivity index (χ0n) is 8.87. The van der Waals surface area contributed by atoms with Crippen molar-refractivity contribution >= 4 is 11.6 Å². The highest BCUT2D eigenvalue weighted by Crippen LogP contribution is 2.27. The molecule has 82 valence electrons. The molecule has 0 aliphatic carbocycles. The second kappa shape index (κ2) is 4.97. The average Bonchev–Trinajstić information content (AvgIpc) is 2.75. The van der Waals surface area contributed by atoms with Crippen molar-refractivity contribution in [2.45, 2.75) is 25.0 Å². The lowest BCUT2D eigenvalue weighted by molar-refractivity contribution is 0.0808. The molecule has 0 bridgehead atoms. The van der Waals surface area contributed by atoms with Crippen molar-refractivity contribution < 1.29 is 4.74 Å². The van der Waals surface area contributed by atoms with Crippen molar-refractivity contribution in [3.63, 3.8) is 0 Å². The van der Waals surface area contributed by atoms with E-state index in [9.17, 15) is 0 Å². The van der Waals surface area contributed by atoms with E-state index in [2.05, 4.69) is 17.4 Å². The molecule has 1 saturated heterocycles. The molecule has 1 heterocycles. The van der Waals surface area contributed by atoms with Gasteiger partial charge in [-0.2, -0.15) is 0 Å². The van der Waals surface area contributed by atoms with Crippen LogP contribution in [0.4, 0.5) is 0 Å². The number of rotatable bonds is 3. The van der Waals surface area contributed by atoms with E-state index < -0.39 is 0 Å². The standard InChI is InChI=1S/C12H16ClNO/c1-14-12(11-3-2-8-15-11)9-4-6-10(13)7-5-9/h4-7,11-12,14H,2-3,8H2,1H3. The Kier molecular flexibility index (Phi) is 3.62. The van der Waals surface area contributed by atoms with Gasteiger partial charge in [0.1, 0.15) is 0 Å². The van der Waals surface area contributed by atoms with Crippen LogP contribution in [0.15, 0.2) is 24.3 Å². The second-order valence-corrected chi connectivity index (χ2v) is 4.31. The van der Waals surface area contributed by atoms with Crippen molar-refractivity contribution in [1.82, 2.24) is 5.32 Å². The molecule has 2 unspecified atom stereocenters. The summed E-state index contributed by atoms with van der Waals surface area (Å²) in [4.78, 5) is 0. The third-order valence-corrected chi connectivity index (χ3v) is 3.13. The summed E-state index contributed by atoms with van der Waals surface area (Å²) in [6, 6.07) is 8.26. The normalized spacial score (nSPS) is 22.9. The van der Waals surface area contributed by atoms with Crippen molar-refractivity contribution in [3.05, 3.63) is 34.9 Å². The quantitative estimate of drug-likeness (QED) is 0.854. The van der Waals surface area contributed by atoms with Gasteiger partial charge < -0.3 is 10.1 Å². The number of hydrogen-bond acceptors (Lipinski definition) is 2. The van der Waals surface area contributed by atoms with Crippen LogP contribution in [-0.2, 0) is 4.74 Å². The summed E-state index contributed by atoms with van der Waals surface area (Å²) in [5, 5.41) is 4.09. The Morgan fingerprint density at radius 1 is 1.40 bits per heavy atom. The molecule has 2 rings (SSSR count). The summed E-state index contributed by atoms with van der Waals surface area (Å²) in [5.41, 5.74) is 1.24. The van der Waals surface area contributed by atoms with Crippen molar-refractivity contribution in [2.24, 2.45) is 0 Å². The van der Waals surface area contributed by atoms with Crippen LogP contribution in [0.3, 0.4) is 0 Å². The van der Waals surface area contributed by atoms with E-state index in [0.29, 0.717) is 6.10 Å². The van der Waals surface area contributed by atoms with Gasteiger partial charge in [0.15, 0.2) is 0 Å². The van der Waals surface area contributed by atoms with E-state index in [-0.39, 0.29) is 6.04 Å². The van der Waals surface area contributed by atoms with E-state index in [4.69, 9.17) is 16.3 Å². The van der Waals surface area contributed by atoms with E-state index in [1.54, 1.807) is 0 Å². The molecule has 3 heteroatoms. The van der Waals surface area contributed by atoms with Gasteiger partial charge >= 0.3 is 0 Å². The molecule has 0 radical (unpaired) electrons. The van der Waals surface area contributed by atoms with Crippen molar-refractivity contribution in [3.8, 4) is 0 Å². The van der Waals surface area contributed by atoms with Gasteiger partial charge in [-0.3, -0.25) is 0 Å². The largest absolute Gasteiger partial charge is 0.376 e. The number of ether oxygens (including phenoxy) is 1. The highest BCUT2D eigenvalue weighted by molar-refractivity contribution is 6.30. The Bertz CT molecular complexity index is 306. The van der Waals surface area contributed by atoms with Gasteiger partial charge in [0.2, 0.25) is 0 Å². The minimum atomic E-state index is 0.282. The SMILES string of the molecule is CNC(c1ccc(Cl)cc1)C1CCCO1. The van der Waals surface area contributed by atoms with Crippen molar-refractivity contribution in [2.75, 3.05) is 13.7 Å². The fourth-order valence-corrected chi connectivity index (χ4v) is 2.23. The summed E-state index contributed by atoms with van der Waals surface area (Å²) < 4.78 is 5.70. The molecule has 1 aromatic rings. The molecule has 0 saturated carbocycles. The minimum Gasteiger partial charge on any atom is -0.376 e. The molecule has 1 fully saturated rings. The molecule has 0 aromatic heterocycles. The van der Waals surface area contributed by atoms with Gasteiger partial charge in [-0.1, -0.05) is 23.7 Å². The molecule has 0 spiro atoms. The third kappa shape index (κ3) is 2.51. The van der Waals surface area contributed by atoms with Crippen LogP contribution in [0, 0.1) is 0 Å². The van der Waals surface area contributed by atoms with Gasteiger partial charge in [-0.25, -0.2) is 0 Å². The molecule has 1 aromatic carbocycles. The molecular weight excluding hydrogens is 210 g/mol. The van der Waals surface area contributed by atoms with Crippen molar-refractivity contribution in [1.29, 1.82) is 0 Å². The molecule has 2 atom stereocenters. The Balaban J connectivity index is 2.14. The fourth-order valence-electron chi connectivity index (χ4n) is 2.10. The van der Waals surface area contributed by atoms with Crippen LogP contribution in [0.25, 0.3) is 0 Å². The summed E-state index contributed by atoms with van der Waals surface area (Å²) in [7, 11) is 1.97. The monoisotopic (exact) mass is 225 g/mol. The van der Waals surface area contributed by atoms with Gasteiger partial charge in [-0.05, 0) is 37.6 Å². The first-order valence-electron chi connectivity index (χ1n) is 5.35. The maximum Gasteiger partial charge on any atom is 0.0770 e. The van der Waals surface area contributed by atoms with Crippen LogP contribution in [0.2, 0.25) is 5.02 Å². The van der Waals surface area contributed by atoms with Crippen LogP contribution in [0.5, 0.6) is 0 Å². The topological polar surface area (TPSA) is 21.3 Å². The first-order chi connectivity index (χ1) is 7.31. The molecule has 1 N–H and O–H groups in total. The Morgan fingerprint density at radius 2 is 2.13 bits per heavy atom. The highest BCUT2D eigenvalue weighted by atomic mass is 35.5. The third-order valence-electron chi connectivity index (χ3n) is 2.88. The van der Waals surface area contributed by atoms with E-state index in [1.165, 1.54) is 5.56 Å². The number of nitrogens with one attached hydrogen (secondary N) is 1. The average molecular weight is 226 g/mol. The van der Waals surface area contributed by atoms with E-state index >= 15 is 0 Å². The maximum absolute atomic E-state index is 5.87. The Labute approximate surface area is 95.6 Å².